The van der Waals surface area contributed by atoms with Crippen molar-refractivity contribution in [2.24, 2.45) is 0 Å². The zero-order valence-electron chi connectivity index (χ0n) is 16.3. The lowest BCUT2D eigenvalue weighted by atomic mass is 9.85. The van der Waals surface area contributed by atoms with Crippen molar-refractivity contribution in [2.45, 2.75) is 37.8 Å². The second-order valence-corrected chi connectivity index (χ2v) is 9.14. The monoisotopic (exact) mass is 428 g/mol. The van der Waals surface area contributed by atoms with Crippen molar-refractivity contribution in [3.63, 3.8) is 0 Å². The van der Waals surface area contributed by atoms with E-state index in [1.54, 1.807) is 6.07 Å². The van der Waals surface area contributed by atoms with Crippen molar-refractivity contribution in [1.82, 2.24) is 14.9 Å². The molecule has 0 saturated carbocycles. The molecule has 2 atom stereocenters. The summed E-state index contributed by atoms with van der Waals surface area (Å²) >= 11 is 6.37. The number of piperazine rings is 1. The summed E-state index contributed by atoms with van der Waals surface area (Å²) < 4.78 is 2.13. The molecule has 2 bridgehead atoms. The summed E-state index contributed by atoms with van der Waals surface area (Å²) in [6.45, 7) is 6.35. The van der Waals surface area contributed by atoms with Crippen LogP contribution in [0, 0.1) is 0 Å². The Morgan fingerprint density at radius 1 is 1.17 bits per heavy atom. The number of nitrogens with one attached hydrogen (secondary N) is 1. The van der Waals surface area contributed by atoms with E-state index in [-0.39, 0.29) is 23.4 Å². The van der Waals surface area contributed by atoms with Gasteiger partial charge in [0.25, 0.3) is 5.56 Å². The van der Waals surface area contributed by atoms with Crippen LogP contribution in [0.2, 0.25) is 5.02 Å². The Bertz CT molecular complexity index is 1200. The molecule has 7 rings (SSSR count). The highest BCUT2D eigenvalue weighted by molar-refractivity contribution is 6.35. The number of hydrogen-bond acceptors (Lipinski definition) is 4. The molecule has 3 fully saturated rings. The second kappa shape index (κ2) is 6.21. The van der Waals surface area contributed by atoms with Crippen LogP contribution in [0.25, 0.3) is 16.6 Å². The average molecular weight is 429 g/mol. The summed E-state index contributed by atoms with van der Waals surface area (Å²) in [5.74, 6) is 0.780. The molecular weight excluding hydrogens is 407 g/mol. The molecule has 3 saturated heterocycles. The summed E-state index contributed by atoms with van der Waals surface area (Å²) in [6.07, 6.45) is 1.28. The highest BCUT2D eigenvalue weighted by Gasteiger charge is 2.40. The summed E-state index contributed by atoms with van der Waals surface area (Å²) in [6, 6.07) is 13.5. The van der Waals surface area contributed by atoms with E-state index in [1.807, 2.05) is 12.1 Å². The van der Waals surface area contributed by atoms with Gasteiger partial charge >= 0.3 is 0 Å². The van der Waals surface area contributed by atoms with Crippen molar-refractivity contribution >= 4 is 40.6 Å². The number of fused-ring (bicyclic) bond motifs is 7. The third kappa shape index (κ3) is 2.51. The van der Waals surface area contributed by atoms with Crippen LogP contribution in [-0.4, -0.2) is 34.7 Å². The molecule has 0 radical (unpaired) electrons. The SMILES string of the molecule is CC1(C)c2ccc(N3CC4CC(C3)N4)cc2-n2c1nc(=O)c1c(Cl)cccc12.Cl. The Morgan fingerprint density at radius 2 is 1.90 bits per heavy atom. The molecule has 0 amide bonds. The zero-order valence-corrected chi connectivity index (χ0v) is 17.8. The van der Waals surface area contributed by atoms with Crippen LogP contribution < -0.4 is 15.8 Å². The predicted molar refractivity (Wildman–Crippen MR) is 119 cm³/mol. The first-order valence-corrected chi connectivity index (χ1v) is 10.2. The van der Waals surface area contributed by atoms with Gasteiger partial charge in [0.05, 0.1) is 27.0 Å². The van der Waals surface area contributed by atoms with Gasteiger partial charge in [0.15, 0.2) is 0 Å². The molecule has 5 nitrogen and oxygen atoms in total. The average Bonchev–Trinajstić information content (AvgIpc) is 2.88. The third-order valence-electron chi connectivity index (χ3n) is 6.61. The van der Waals surface area contributed by atoms with E-state index >= 15 is 0 Å². The maximum Gasteiger partial charge on any atom is 0.282 e. The number of benzene rings is 2. The van der Waals surface area contributed by atoms with E-state index in [2.05, 4.69) is 51.8 Å². The molecule has 0 aliphatic carbocycles. The minimum absolute atomic E-state index is 0. The Morgan fingerprint density at radius 3 is 2.62 bits per heavy atom. The fraction of sp³-hybridized carbons (Fsp3) is 0.364. The minimum atomic E-state index is -0.338. The van der Waals surface area contributed by atoms with Crippen LogP contribution in [0.3, 0.4) is 0 Å². The van der Waals surface area contributed by atoms with Gasteiger partial charge < -0.3 is 10.2 Å². The largest absolute Gasteiger partial charge is 0.368 e. The maximum absolute atomic E-state index is 12.7. The molecular formula is C22H22Cl2N4O. The molecule has 2 unspecified atom stereocenters. The Balaban J connectivity index is 0.00000181. The van der Waals surface area contributed by atoms with E-state index in [1.165, 1.54) is 17.7 Å². The third-order valence-corrected chi connectivity index (χ3v) is 6.92. The van der Waals surface area contributed by atoms with E-state index in [0.29, 0.717) is 22.5 Å². The summed E-state index contributed by atoms with van der Waals surface area (Å²) in [4.78, 5) is 19.7. The molecule has 5 heterocycles. The van der Waals surface area contributed by atoms with Gasteiger partial charge in [0, 0.05) is 30.9 Å². The van der Waals surface area contributed by atoms with Crippen molar-refractivity contribution in [3.8, 4) is 5.69 Å². The van der Waals surface area contributed by atoms with Crippen molar-refractivity contribution < 1.29 is 0 Å². The highest BCUT2D eigenvalue weighted by atomic mass is 35.5. The number of nitrogens with zero attached hydrogens (tertiary/aromatic N) is 3. The van der Waals surface area contributed by atoms with Crippen LogP contribution in [-0.2, 0) is 5.41 Å². The first-order chi connectivity index (χ1) is 13.4. The van der Waals surface area contributed by atoms with E-state index in [9.17, 15) is 4.79 Å². The number of aromatic nitrogens is 2. The van der Waals surface area contributed by atoms with Gasteiger partial charge in [-0.3, -0.25) is 9.36 Å². The molecule has 0 spiro atoms. The maximum atomic E-state index is 12.7. The van der Waals surface area contributed by atoms with Crippen LogP contribution in [0.15, 0.2) is 41.2 Å². The molecule has 1 aromatic heterocycles. The molecule has 7 heteroatoms. The van der Waals surface area contributed by atoms with Gasteiger partial charge in [-0.1, -0.05) is 23.7 Å². The smallest absolute Gasteiger partial charge is 0.282 e. The van der Waals surface area contributed by atoms with Gasteiger partial charge in [-0.05, 0) is 50.1 Å². The molecule has 29 heavy (non-hydrogen) atoms. The van der Waals surface area contributed by atoms with E-state index in [4.69, 9.17) is 11.6 Å². The van der Waals surface area contributed by atoms with Crippen molar-refractivity contribution in [3.05, 3.63) is 63.2 Å². The lowest BCUT2D eigenvalue weighted by Gasteiger charge is -2.49. The first-order valence-electron chi connectivity index (χ1n) is 9.81. The number of halogens is 2. The number of rotatable bonds is 1. The molecule has 1 N–H and O–H groups in total. The van der Waals surface area contributed by atoms with Crippen molar-refractivity contribution in [2.75, 3.05) is 18.0 Å². The number of anilines is 1. The first kappa shape index (κ1) is 18.9. The predicted octanol–water partition coefficient (Wildman–Crippen LogP) is 3.65. The lowest BCUT2D eigenvalue weighted by molar-refractivity contribution is 0.226. The quantitative estimate of drug-likeness (QED) is 0.642. The molecule has 150 valence electrons. The van der Waals surface area contributed by atoms with Gasteiger partial charge in [-0.2, -0.15) is 4.98 Å². The number of piperidine rings is 1. The summed E-state index contributed by atoms with van der Waals surface area (Å²) in [5, 5.41) is 4.54. The molecule has 2 aromatic carbocycles. The standard InChI is InChI=1S/C22H21ClN4O.ClH/c1-22(2)15-7-6-14(26-10-12-8-13(11-26)24-12)9-18(15)27-17-5-3-4-16(23)19(17)20(28)25-21(22)27;/h3-7,9,12-13,24H,8,10-11H2,1-2H3;1H. The zero-order chi connectivity index (χ0) is 19.2. The van der Waals surface area contributed by atoms with Crippen molar-refractivity contribution in [1.29, 1.82) is 0 Å². The molecule has 4 aliphatic heterocycles. The van der Waals surface area contributed by atoms with Crippen LogP contribution >= 0.6 is 24.0 Å². The fourth-order valence-electron chi connectivity index (χ4n) is 5.17. The van der Waals surface area contributed by atoms with Crippen LogP contribution in [0.5, 0.6) is 0 Å². The van der Waals surface area contributed by atoms with Gasteiger partial charge in [-0.25, -0.2) is 0 Å². The van der Waals surface area contributed by atoms with E-state index in [0.717, 1.165) is 30.1 Å². The summed E-state index contributed by atoms with van der Waals surface area (Å²) in [7, 11) is 0. The Kier molecular flexibility index (Phi) is 4.05. The summed E-state index contributed by atoms with van der Waals surface area (Å²) in [5.41, 5.74) is 3.76. The van der Waals surface area contributed by atoms with Gasteiger partial charge in [0.2, 0.25) is 0 Å². The molecule has 3 aromatic rings. The molecule has 4 aliphatic rings. The van der Waals surface area contributed by atoms with Gasteiger partial charge in [0.1, 0.15) is 5.82 Å². The Labute approximate surface area is 180 Å². The van der Waals surface area contributed by atoms with Gasteiger partial charge in [-0.15, -0.1) is 12.4 Å². The van der Waals surface area contributed by atoms with Crippen LogP contribution in [0.1, 0.15) is 31.7 Å². The highest BCUT2D eigenvalue weighted by Crippen LogP contribution is 2.44. The number of hydrogen-bond donors (Lipinski definition) is 1. The topological polar surface area (TPSA) is 50.2 Å². The lowest BCUT2D eigenvalue weighted by Crippen LogP contribution is -2.67. The van der Waals surface area contributed by atoms with E-state index < -0.39 is 0 Å². The Hall–Kier alpha value is -2.08. The van der Waals surface area contributed by atoms with Crippen LogP contribution in [0.4, 0.5) is 5.69 Å². The fourth-order valence-corrected chi connectivity index (χ4v) is 5.42. The minimum Gasteiger partial charge on any atom is -0.368 e. The normalized spacial score (nSPS) is 23.2. The second-order valence-electron chi connectivity index (χ2n) is 8.74.